The number of rotatable bonds is 7. The second-order valence-electron chi connectivity index (χ2n) is 6.77. The molecule has 8 nitrogen and oxygen atoms in total. The number of pyridine rings is 1. The topological polar surface area (TPSA) is 91.2 Å². The summed E-state index contributed by atoms with van der Waals surface area (Å²) in [6.07, 6.45) is 3.30. The summed E-state index contributed by atoms with van der Waals surface area (Å²) in [5, 5.41) is 8.08. The summed E-state index contributed by atoms with van der Waals surface area (Å²) in [6, 6.07) is 15.9. The normalized spacial score (nSPS) is 10.6. The fourth-order valence-electron chi connectivity index (χ4n) is 3.10. The Balaban J connectivity index is 1.67. The average molecular weight is 450 g/mol. The molecule has 0 radical (unpaired) electrons. The van der Waals surface area contributed by atoms with Crippen molar-refractivity contribution in [2.75, 3.05) is 19.5 Å². The molecule has 0 saturated carbocycles. The predicted octanol–water partition coefficient (Wildman–Crippen LogP) is 4.31. The van der Waals surface area contributed by atoms with E-state index in [0.29, 0.717) is 46.0 Å². The SMILES string of the molecule is COc1ccc(CNc2nc(-c3cccnc3)nn2C(=O)c2cccc(Cl)c2)cc1OC. The lowest BCUT2D eigenvalue weighted by atomic mass is 10.2. The van der Waals surface area contributed by atoms with Gasteiger partial charge in [-0.25, -0.2) is 0 Å². The maximum atomic E-state index is 13.2. The number of nitrogens with one attached hydrogen (secondary N) is 1. The van der Waals surface area contributed by atoms with Gasteiger partial charge in [0.25, 0.3) is 5.91 Å². The highest BCUT2D eigenvalue weighted by molar-refractivity contribution is 6.31. The largest absolute Gasteiger partial charge is 0.493 e. The monoisotopic (exact) mass is 449 g/mol. The minimum Gasteiger partial charge on any atom is -0.493 e. The standard InChI is InChI=1S/C23H20ClN5O3/c1-31-19-9-8-15(11-20(19)32-2)13-26-23-27-21(17-6-4-10-25-14-17)28-29(23)22(30)16-5-3-7-18(24)12-16/h3-12,14H,13H2,1-2H3,(H,26,27,28). The fourth-order valence-corrected chi connectivity index (χ4v) is 3.29. The van der Waals surface area contributed by atoms with E-state index in [2.05, 4.69) is 20.4 Å². The van der Waals surface area contributed by atoms with Crippen molar-refractivity contribution in [1.82, 2.24) is 19.7 Å². The van der Waals surface area contributed by atoms with Crippen LogP contribution in [-0.4, -0.2) is 39.9 Å². The van der Waals surface area contributed by atoms with Gasteiger partial charge in [-0.3, -0.25) is 9.78 Å². The van der Waals surface area contributed by atoms with Crippen LogP contribution in [0.3, 0.4) is 0 Å². The van der Waals surface area contributed by atoms with E-state index >= 15 is 0 Å². The van der Waals surface area contributed by atoms with Crippen molar-refractivity contribution >= 4 is 23.5 Å². The van der Waals surface area contributed by atoms with E-state index in [9.17, 15) is 4.79 Å². The second-order valence-corrected chi connectivity index (χ2v) is 7.21. The summed E-state index contributed by atoms with van der Waals surface area (Å²) in [5.41, 5.74) is 2.00. The van der Waals surface area contributed by atoms with Gasteiger partial charge in [-0.15, -0.1) is 5.10 Å². The van der Waals surface area contributed by atoms with Crippen molar-refractivity contribution < 1.29 is 14.3 Å². The molecule has 0 aliphatic rings. The highest BCUT2D eigenvalue weighted by atomic mass is 35.5. The van der Waals surface area contributed by atoms with Gasteiger partial charge in [0, 0.05) is 35.1 Å². The van der Waals surface area contributed by atoms with E-state index in [4.69, 9.17) is 21.1 Å². The molecule has 0 atom stereocenters. The lowest BCUT2D eigenvalue weighted by Gasteiger charge is -2.11. The van der Waals surface area contributed by atoms with Gasteiger partial charge in [0.1, 0.15) is 0 Å². The number of carbonyl (C=O) groups excluding carboxylic acids is 1. The Labute approximate surface area is 189 Å². The molecule has 162 valence electrons. The molecule has 0 aliphatic carbocycles. The molecular formula is C23H20ClN5O3. The van der Waals surface area contributed by atoms with E-state index < -0.39 is 0 Å². The Bertz CT molecular complexity index is 1240. The Morgan fingerprint density at radius 3 is 2.62 bits per heavy atom. The molecule has 0 fully saturated rings. The van der Waals surface area contributed by atoms with Crippen LogP contribution in [0.1, 0.15) is 15.9 Å². The first-order valence-electron chi connectivity index (χ1n) is 9.71. The number of benzene rings is 2. The first kappa shape index (κ1) is 21.3. The van der Waals surface area contributed by atoms with E-state index in [1.54, 1.807) is 56.9 Å². The molecule has 0 bridgehead atoms. The quantitative estimate of drug-likeness (QED) is 0.449. The van der Waals surface area contributed by atoms with Crippen molar-refractivity contribution in [2.24, 2.45) is 0 Å². The van der Waals surface area contributed by atoms with Crippen LogP contribution in [0.5, 0.6) is 11.5 Å². The Hall–Kier alpha value is -3.91. The summed E-state index contributed by atoms with van der Waals surface area (Å²) in [7, 11) is 3.16. The van der Waals surface area contributed by atoms with Gasteiger partial charge in [-0.1, -0.05) is 23.7 Å². The molecule has 1 N–H and O–H groups in total. The van der Waals surface area contributed by atoms with Gasteiger partial charge in [0.2, 0.25) is 5.95 Å². The number of halogens is 1. The van der Waals surface area contributed by atoms with Crippen molar-refractivity contribution in [3.63, 3.8) is 0 Å². The van der Waals surface area contributed by atoms with Crippen LogP contribution < -0.4 is 14.8 Å². The summed E-state index contributed by atoms with van der Waals surface area (Å²) >= 11 is 6.07. The first-order chi connectivity index (χ1) is 15.6. The van der Waals surface area contributed by atoms with E-state index in [0.717, 1.165) is 5.56 Å². The van der Waals surface area contributed by atoms with Crippen LogP contribution in [0.25, 0.3) is 11.4 Å². The molecule has 0 aliphatic heterocycles. The Morgan fingerprint density at radius 1 is 1.06 bits per heavy atom. The highest BCUT2D eigenvalue weighted by Crippen LogP contribution is 2.28. The minimum atomic E-state index is -0.357. The lowest BCUT2D eigenvalue weighted by Crippen LogP contribution is -2.17. The highest BCUT2D eigenvalue weighted by Gasteiger charge is 2.19. The molecule has 32 heavy (non-hydrogen) atoms. The van der Waals surface area contributed by atoms with E-state index in [1.165, 1.54) is 4.68 Å². The molecule has 2 aromatic heterocycles. The zero-order valence-corrected chi connectivity index (χ0v) is 18.2. The number of methoxy groups -OCH3 is 2. The molecule has 4 aromatic rings. The number of carbonyl (C=O) groups is 1. The van der Waals surface area contributed by atoms with Gasteiger partial charge in [-0.2, -0.15) is 9.67 Å². The summed E-state index contributed by atoms with van der Waals surface area (Å²) in [6.45, 7) is 0.383. The van der Waals surface area contributed by atoms with Crippen LogP contribution in [0.15, 0.2) is 67.0 Å². The molecule has 0 amide bonds. The maximum Gasteiger partial charge on any atom is 0.281 e. The molecule has 0 saturated heterocycles. The molecule has 4 rings (SSSR count). The predicted molar refractivity (Wildman–Crippen MR) is 121 cm³/mol. The van der Waals surface area contributed by atoms with Crippen molar-refractivity contribution in [2.45, 2.75) is 6.54 Å². The summed E-state index contributed by atoms with van der Waals surface area (Å²) < 4.78 is 11.9. The van der Waals surface area contributed by atoms with Crippen LogP contribution in [0.4, 0.5) is 5.95 Å². The number of ether oxygens (including phenoxy) is 2. The molecule has 0 spiro atoms. The van der Waals surface area contributed by atoms with E-state index in [-0.39, 0.29) is 5.91 Å². The third-order valence-corrected chi connectivity index (χ3v) is 4.92. The third-order valence-electron chi connectivity index (χ3n) is 4.69. The molecule has 9 heteroatoms. The molecule has 2 heterocycles. The molecule has 2 aromatic carbocycles. The van der Waals surface area contributed by atoms with Crippen LogP contribution >= 0.6 is 11.6 Å². The van der Waals surface area contributed by atoms with E-state index in [1.807, 2.05) is 24.3 Å². The third kappa shape index (κ3) is 4.55. The minimum absolute atomic E-state index is 0.295. The number of hydrogen-bond donors (Lipinski definition) is 1. The summed E-state index contributed by atoms with van der Waals surface area (Å²) in [5.74, 6) is 1.56. The zero-order chi connectivity index (χ0) is 22.5. The van der Waals surface area contributed by atoms with Gasteiger partial charge in [0.15, 0.2) is 17.3 Å². The van der Waals surface area contributed by atoms with Crippen LogP contribution in [0, 0.1) is 0 Å². The molecular weight excluding hydrogens is 430 g/mol. The van der Waals surface area contributed by atoms with Crippen LogP contribution in [0.2, 0.25) is 5.02 Å². The van der Waals surface area contributed by atoms with Gasteiger partial charge < -0.3 is 14.8 Å². The maximum absolute atomic E-state index is 13.2. The average Bonchev–Trinajstić information content (AvgIpc) is 3.27. The van der Waals surface area contributed by atoms with Gasteiger partial charge >= 0.3 is 0 Å². The van der Waals surface area contributed by atoms with Gasteiger partial charge in [-0.05, 0) is 48.0 Å². The number of nitrogens with zero attached hydrogens (tertiary/aromatic N) is 4. The number of anilines is 1. The van der Waals surface area contributed by atoms with Crippen LogP contribution in [-0.2, 0) is 6.54 Å². The first-order valence-corrected chi connectivity index (χ1v) is 10.1. The zero-order valence-electron chi connectivity index (χ0n) is 17.4. The number of hydrogen-bond acceptors (Lipinski definition) is 7. The lowest BCUT2D eigenvalue weighted by molar-refractivity contribution is 0.0947. The van der Waals surface area contributed by atoms with Gasteiger partial charge in [0.05, 0.1) is 14.2 Å². The number of aromatic nitrogens is 4. The summed E-state index contributed by atoms with van der Waals surface area (Å²) in [4.78, 5) is 21.8. The Morgan fingerprint density at radius 2 is 1.91 bits per heavy atom. The molecule has 0 unspecified atom stereocenters. The fraction of sp³-hybridized carbons (Fsp3) is 0.130. The second kappa shape index (κ2) is 9.49. The van der Waals surface area contributed by atoms with Crippen molar-refractivity contribution in [1.29, 1.82) is 0 Å². The Kier molecular flexibility index (Phi) is 6.32. The van der Waals surface area contributed by atoms with Crippen molar-refractivity contribution in [3.05, 3.63) is 83.1 Å². The van der Waals surface area contributed by atoms with Crippen molar-refractivity contribution in [3.8, 4) is 22.9 Å². The smallest absolute Gasteiger partial charge is 0.281 e.